The highest BCUT2D eigenvalue weighted by Crippen LogP contribution is 2.39. The number of nitrogens with one attached hydrogen (secondary N) is 1. The molecule has 2 N–H and O–H groups in total. The number of aliphatic carboxylic acids is 1. The molecule has 232 valence electrons. The van der Waals surface area contributed by atoms with Gasteiger partial charge in [0.2, 0.25) is 0 Å². The number of rotatable bonds is 10. The van der Waals surface area contributed by atoms with Crippen molar-refractivity contribution in [3.63, 3.8) is 0 Å². The predicted octanol–water partition coefficient (Wildman–Crippen LogP) is 6.36. The molecule has 46 heavy (non-hydrogen) atoms. The van der Waals surface area contributed by atoms with E-state index >= 15 is 0 Å². The molecule has 0 saturated carbocycles. The zero-order valence-electron chi connectivity index (χ0n) is 26.5. The quantitative estimate of drug-likeness (QED) is 0.177. The van der Waals surface area contributed by atoms with Crippen molar-refractivity contribution in [1.29, 1.82) is 0 Å². The minimum absolute atomic E-state index is 0.144. The molecule has 7 nitrogen and oxygen atoms in total. The van der Waals surface area contributed by atoms with Gasteiger partial charge in [0, 0.05) is 33.3 Å². The van der Waals surface area contributed by atoms with Crippen molar-refractivity contribution >= 4 is 22.7 Å². The van der Waals surface area contributed by atoms with Crippen molar-refractivity contribution in [2.45, 2.75) is 24.4 Å². The molecule has 1 aromatic heterocycles. The standard InChI is InChI=1S/C39H38N4O3/c1-38(36(44)45,40-39(29-14-8-5-9-15-29,30-16-10-6-11-17-30)31-18-12-7-13-19-31)27-28-20-22-32(23-21-28)43-34-25-24-33(41(2)3)26-35(34)42(4)37(43)46/h5-26,40H,27H2,1-4H3,(H,44,45). The topological polar surface area (TPSA) is 79.5 Å². The van der Waals surface area contributed by atoms with Gasteiger partial charge in [-0.25, -0.2) is 4.79 Å². The average Bonchev–Trinajstić information content (AvgIpc) is 3.33. The number of hydrogen-bond acceptors (Lipinski definition) is 4. The molecule has 5 aromatic carbocycles. The zero-order chi connectivity index (χ0) is 32.5. The van der Waals surface area contributed by atoms with Gasteiger partial charge in [-0.1, -0.05) is 103 Å². The van der Waals surface area contributed by atoms with Gasteiger partial charge in [0.1, 0.15) is 5.54 Å². The summed E-state index contributed by atoms with van der Waals surface area (Å²) in [4.78, 5) is 28.6. The summed E-state index contributed by atoms with van der Waals surface area (Å²) in [7, 11) is 5.72. The number of carboxylic acid groups (broad SMARTS) is 1. The van der Waals surface area contributed by atoms with E-state index in [-0.39, 0.29) is 12.1 Å². The second kappa shape index (κ2) is 12.2. The van der Waals surface area contributed by atoms with E-state index < -0.39 is 17.0 Å². The molecule has 0 fully saturated rings. The Hall–Kier alpha value is -5.40. The maximum absolute atomic E-state index is 13.4. The van der Waals surface area contributed by atoms with E-state index in [4.69, 9.17) is 0 Å². The molecule has 0 radical (unpaired) electrons. The molecule has 6 aromatic rings. The molecule has 0 bridgehead atoms. The highest BCUT2D eigenvalue weighted by molar-refractivity contribution is 5.82. The van der Waals surface area contributed by atoms with Crippen LogP contribution in [0.3, 0.4) is 0 Å². The first-order valence-electron chi connectivity index (χ1n) is 15.3. The predicted molar refractivity (Wildman–Crippen MR) is 185 cm³/mol. The lowest BCUT2D eigenvalue weighted by Gasteiger charge is -2.43. The monoisotopic (exact) mass is 610 g/mol. The van der Waals surface area contributed by atoms with E-state index in [1.54, 1.807) is 23.1 Å². The van der Waals surface area contributed by atoms with Crippen LogP contribution in [-0.4, -0.2) is 39.8 Å². The van der Waals surface area contributed by atoms with E-state index in [1.807, 2.05) is 152 Å². The fourth-order valence-electron chi connectivity index (χ4n) is 6.39. The summed E-state index contributed by atoms with van der Waals surface area (Å²) in [6, 6.07) is 43.5. The molecular weight excluding hydrogens is 572 g/mol. The molecule has 0 aliphatic rings. The lowest BCUT2D eigenvalue weighted by molar-refractivity contribution is -0.144. The Morgan fingerprint density at radius 2 is 1.24 bits per heavy atom. The third kappa shape index (κ3) is 5.39. The van der Waals surface area contributed by atoms with Crippen LogP contribution >= 0.6 is 0 Å². The van der Waals surface area contributed by atoms with Crippen LogP contribution in [0.15, 0.2) is 138 Å². The third-order valence-electron chi connectivity index (χ3n) is 8.86. The maximum atomic E-state index is 13.4. The van der Waals surface area contributed by atoms with Crippen LogP contribution in [0.1, 0.15) is 29.2 Å². The third-order valence-corrected chi connectivity index (χ3v) is 8.86. The number of hydrogen-bond donors (Lipinski definition) is 2. The fourth-order valence-corrected chi connectivity index (χ4v) is 6.39. The van der Waals surface area contributed by atoms with Gasteiger partial charge >= 0.3 is 11.7 Å². The zero-order valence-corrected chi connectivity index (χ0v) is 26.5. The minimum atomic E-state index is -1.39. The molecule has 1 unspecified atom stereocenters. The van der Waals surface area contributed by atoms with Crippen molar-refractivity contribution in [3.8, 4) is 5.69 Å². The van der Waals surface area contributed by atoms with Gasteiger partial charge in [-0.3, -0.25) is 19.2 Å². The van der Waals surface area contributed by atoms with Crippen LogP contribution in [0.4, 0.5) is 5.69 Å². The number of imidazole rings is 1. The van der Waals surface area contributed by atoms with Gasteiger partial charge in [-0.15, -0.1) is 0 Å². The van der Waals surface area contributed by atoms with Gasteiger partial charge in [0.05, 0.1) is 22.3 Å². The molecule has 6 rings (SSSR count). The summed E-state index contributed by atoms with van der Waals surface area (Å²) in [5.74, 6) is -0.967. The molecule has 7 heteroatoms. The van der Waals surface area contributed by atoms with Crippen molar-refractivity contribution in [2.75, 3.05) is 19.0 Å². The Kier molecular flexibility index (Phi) is 8.11. The van der Waals surface area contributed by atoms with Crippen molar-refractivity contribution in [1.82, 2.24) is 14.5 Å². The number of anilines is 1. The largest absolute Gasteiger partial charge is 0.480 e. The fraction of sp³-hybridized carbons (Fsp3) is 0.179. The summed E-state index contributed by atoms with van der Waals surface area (Å²) >= 11 is 0. The molecule has 0 saturated heterocycles. The first kappa shape index (κ1) is 30.6. The number of nitrogens with zero attached hydrogens (tertiary/aromatic N) is 3. The molecule has 0 aliphatic carbocycles. The van der Waals surface area contributed by atoms with Crippen LogP contribution in [-0.2, 0) is 23.8 Å². The Balaban J connectivity index is 1.42. The average molecular weight is 611 g/mol. The van der Waals surface area contributed by atoms with E-state index in [2.05, 4.69) is 5.32 Å². The summed E-state index contributed by atoms with van der Waals surface area (Å²) in [6.07, 6.45) is 0.202. The number of fused-ring (bicyclic) bond motifs is 1. The Labute approximate surface area is 269 Å². The first-order chi connectivity index (χ1) is 22.1. The highest BCUT2D eigenvalue weighted by atomic mass is 16.4. The Bertz CT molecular complexity index is 1940. The smallest absolute Gasteiger partial charge is 0.333 e. The van der Waals surface area contributed by atoms with Gasteiger partial charge in [0.25, 0.3) is 0 Å². The molecule has 0 amide bonds. The Morgan fingerprint density at radius 3 is 1.70 bits per heavy atom. The number of carbonyl (C=O) groups is 1. The van der Waals surface area contributed by atoms with Crippen LogP contribution in [0.5, 0.6) is 0 Å². The van der Waals surface area contributed by atoms with Gasteiger partial charge < -0.3 is 10.0 Å². The van der Waals surface area contributed by atoms with Crippen molar-refractivity contribution in [2.24, 2.45) is 7.05 Å². The number of carboxylic acids is 1. The molecular formula is C39H38N4O3. The van der Waals surface area contributed by atoms with Gasteiger partial charge in [-0.05, 0) is 59.5 Å². The molecule has 1 heterocycles. The second-order valence-electron chi connectivity index (χ2n) is 12.2. The summed E-state index contributed by atoms with van der Waals surface area (Å²) in [5.41, 5.74) is 4.50. The van der Waals surface area contributed by atoms with Crippen LogP contribution in [0.25, 0.3) is 16.7 Å². The molecule has 0 spiro atoms. The minimum Gasteiger partial charge on any atom is -0.480 e. The lowest BCUT2D eigenvalue weighted by atomic mass is 9.74. The lowest BCUT2D eigenvalue weighted by Crippen LogP contribution is -2.61. The summed E-state index contributed by atoms with van der Waals surface area (Å²) in [6.45, 7) is 1.74. The normalized spacial score (nSPS) is 13.0. The molecule has 0 aliphatic heterocycles. The maximum Gasteiger partial charge on any atom is 0.333 e. The summed E-state index contributed by atoms with van der Waals surface area (Å²) in [5, 5.41) is 14.5. The SMILES string of the molecule is CN(C)c1ccc2c(c1)n(C)c(=O)n2-c1ccc(CC(C)(NC(c2ccccc2)(c2ccccc2)c2ccccc2)C(=O)O)cc1. The van der Waals surface area contributed by atoms with Gasteiger partial charge in [-0.2, -0.15) is 0 Å². The van der Waals surface area contributed by atoms with E-state index in [0.717, 1.165) is 39.0 Å². The summed E-state index contributed by atoms with van der Waals surface area (Å²) < 4.78 is 3.34. The number of aromatic nitrogens is 2. The van der Waals surface area contributed by atoms with Crippen LogP contribution < -0.4 is 15.9 Å². The van der Waals surface area contributed by atoms with E-state index in [9.17, 15) is 14.7 Å². The van der Waals surface area contributed by atoms with E-state index in [1.165, 1.54) is 0 Å². The first-order valence-corrected chi connectivity index (χ1v) is 15.3. The highest BCUT2D eigenvalue weighted by Gasteiger charge is 2.45. The molecule has 1 atom stereocenters. The van der Waals surface area contributed by atoms with Gasteiger partial charge in [0.15, 0.2) is 0 Å². The van der Waals surface area contributed by atoms with Crippen LogP contribution in [0, 0.1) is 0 Å². The van der Waals surface area contributed by atoms with Crippen LogP contribution in [0.2, 0.25) is 0 Å². The van der Waals surface area contributed by atoms with Crippen molar-refractivity contribution < 1.29 is 9.90 Å². The second-order valence-corrected chi connectivity index (χ2v) is 12.2. The number of benzene rings is 5. The Morgan fingerprint density at radius 1 is 0.739 bits per heavy atom. The number of aryl methyl sites for hydroxylation is 1. The van der Waals surface area contributed by atoms with Crippen molar-refractivity contribution in [3.05, 3.63) is 166 Å². The van der Waals surface area contributed by atoms with E-state index in [0.29, 0.717) is 5.69 Å².